The fraction of sp³-hybridized carbons (Fsp3) is 0.211. The molecule has 3 rings (SSSR count). The summed E-state index contributed by atoms with van der Waals surface area (Å²) in [4.78, 5) is 16.3. The summed E-state index contributed by atoms with van der Waals surface area (Å²) in [6.45, 7) is 5.04. The number of nitrogens with zero attached hydrogens (tertiary/aromatic N) is 3. The minimum absolute atomic E-state index is 0.240. The SMILES string of the molecule is CCOc1ccccc1NC(=O)Nc1ncn(Cc2cccc(C)c2)n1. The molecule has 0 fully saturated rings. The average molecular weight is 351 g/mol. The lowest BCUT2D eigenvalue weighted by Gasteiger charge is -2.10. The number of aryl methyl sites for hydroxylation is 1. The van der Waals surface area contributed by atoms with Gasteiger partial charge in [0.05, 0.1) is 18.8 Å². The molecule has 0 aliphatic rings. The number of anilines is 2. The molecule has 3 aromatic rings. The number of rotatable bonds is 6. The average Bonchev–Trinajstić information content (AvgIpc) is 3.03. The van der Waals surface area contributed by atoms with Crippen LogP contribution in [0.3, 0.4) is 0 Å². The number of carbonyl (C=O) groups is 1. The van der Waals surface area contributed by atoms with Crippen LogP contribution in [0.1, 0.15) is 18.1 Å². The van der Waals surface area contributed by atoms with Gasteiger partial charge in [-0.1, -0.05) is 42.0 Å². The Morgan fingerprint density at radius 1 is 1.15 bits per heavy atom. The van der Waals surface area contributed by atoms with E-state index in [4.69, 9.17) is 4.74 Å². The molecule has 7 nitrogen and oxygen atoms in total. The Balaban J connectivity index is 1.61. The molecule has 2 aromatic carbocycles. The van der Waals surface area contributed by atoms with Gasteiger partial charge in [0.2, 0.25) is 5.95 Å². The molecule has 1 heterocycles. The summed E-state index contributed by atoms with van der Waals surface area (Å²) in [5.41, 5.74) is 2.90. The number of urea groups is 1. The minimum Gasteiger partial charge on any atom is -0.492 e. The molecule has 0 aliphatic heterocycles. The third kappa shape index (κ3) is 4.60. The lowest BCUT2D eigenvalue weighted by Crippen LogP contribution is -2.21. The summed E-state index contributed by atoms with van der Waals surface area (Å²) in [7, 11) is 0. The quantitative estimate of drug-likeness (QED) is 0.710. The Labute approximate surface area is 152 Å². The summed E-state index contributed by atoms with van der Waals surface area (Å²) in [5, 5.41) is 9.65. The molecule has 2 amide bonds. The Morgan fingerprint density at radius 2 is 2.00 bits per heavy atom. The van der Waals surface area contributed by atoms with Gasteiger partial charge in [0.25, 0.3) is 0 Å². The van der Waals surface area contributed by atoms with Crippen LogP contribution in [0.25, 0.3) is 0 Å². The van der Waals surface area contributed by atoms with E-state index in [2.05, 4.69) is 26.8 Å². The van der Waals surface area contributed by atoms with Crippen molar-refractivity contribution >= 4 is 17.7 Å². The van der Waals surface area contributed by atoms with Gasteiger partial charge in [-0.15, -0.1) is 5.10 Å². The fourth-order valence-corrected chi connectivity index (χ4v) is 2.53. The maximum absolute atomic E-state index is 12.2. The third-order valence-electron chi connectivity index (χ3n) is 3.62. The van der Waals surface area contributed by atoms with Gasteiger partial charge in [0.1, 0.15) is 12.1 Å². The lowest BCUT2D eigenvalue weighted by atomic mass is 10.1. The summed E-state index contributed by atoms with van der Waals surface area (Å²) in [6, 6.07) is 15.0. The van der Waals surface area contributed by atoms with Gasteiger partial charge in [-0.25, -0.2) is 14.5 Å². The first-order chi connectivity index (χ1) is 12.6. The molecular weight excluding hydrogens is 330 g/mol. The van der Waals surface area contributed by atoms with E-state index in [0.717, 1.165) is 5.56 Å². The number of aromatic nitrogens is 3. The maximum Gasteiger partial charge on any atom is 0.326 e. The van der Waals surface area contributed by atoms with Crippen LogP contribution >= 0.6 is 0 Å². The molecule has 26 heavy (non-hydrogen) atoms. The third-order valence-corrected chi connectivity index (χ3v) is 3.62. The molecule has 7 heteroatoms. The van der Waals surface area contributed by atoms with E-state index in [0.29, 0.717) is 24.6 Å². The highest BCUT2D eigenvalue weighted by molar-refractivity contribution is 5.99. The number of hydrogen-bond acceptors (Lipinski definition) is 4. The van der Waals surface area contributed by atoms with E-state index in [9.17, 15) is 4.79 Å². The van der Waals surface area contributed by atoms with Crippen molar-refractivity contribution in [3.63, 3.8) is 0 Å². The number of benzene rings is 2. The molecule has 0 bridgehead atoms. The first-order valence-electron chi connectivity index (χ1n) is 8.39. The van der Waals surface area contributed by atoms with Crippen LogP contribution in [0.15, 0.2) is 54.9 Å². The zero-order valence-corrected chi connectivity index (χ0v) is 14.8. The van der Waals surface area contributed by atoms with Crippen LogP contribution < -0.4 is 15.4 Å². The monoisotopic (exact) mass is 351 g/mol. The van der Waals surface area contributed by atoms with Gasteiger partial charge in [0, 0.05) is 0 Å². The first kappa shape index (κ1) is 17.5. The standard InChI is InChI=1S/C19H21N5O2/c1-3-26-17-10-5-4-9-16(17)21-19(25)22-18-20-13-24(23-18)12-15-8-6-7-14(2)11-15/h4-11,13H,3,12H2,1-2H3,(H2,21,22,23,25). The second-order valence-corrected chi connectivity index (χ2v) is 5.76. The Kier molecular flexibility index (Phi) is 5.48. The van der Waals surface area contributed by atoms with Crippen molar-refractivity contribution in [2.24, 2.45) is 0 Å². The number of nitrogens with one attached hydrogen (secondary N) is 2. The topological polar surface area (TPSA) is 81.1 Å². The zero-order chi connectivity index (χ0) is 18.4. The van der Waals surface area contributed by atoms with Crippen molar-refractivity contribution in [1.82, 2.24) is 14.8 Å². The number of amides is 2. The Morgan fingerprint density at radius 3 is 2.81 bits per heavy atom. The van der Waals surface area contributed by atoms with Crippen LogP contribution in [0.2, 0.25) is 0 Å². The van der Waals surface area contributed by atoms with Crippen molar-refractivity contribution in [3.8, 4) is 5.75 Å². The normalized spacial score (nSPS) is 10.4. The van der Waals surface area contributed by atoms with Gasteiger partial charge in [-0.3, -0.25) is 5.32 Å². The van der Waals surface area contributed by atoms with Gasteiger partial charge in [-0.05, 0) is 31.5 Å². The Hall–Kier alpha value is -3.35. The molecule has 0 aliphatic carbocycles. The van der Waals surface area contributed by atoms with E-state index in [1.165, 1.54) is 5.56 Å². The van der Waals surface area contributed by atoms with E-state index in [-0.39, 0.29) is 5.95 Å². The van der Waals surface area contributed by atoms with E-state index < -0.39 is 6.03 Å². The fourth-order valence-electron chi connectivity index (χ4n) is 2.53. The second kappa shape index (κ2) is 8.15. The van der Waals surface area contributed by atoms with Crippen LogP contribution in [0, 0.1) is 6.92 Å². The molecular formula is C19H21N5O2. The maximum atomic E-state index is 12.2. The number of hydrogen-bond donors (Lipinski definition) is 2. The molecule has 0 spiro atoms. The highest BCUT2D eigenvalue weighted by Gasteiger charge is 2.10. The van der Waals surface area contributed by atoms with Crippen molar-refractivity contribution in [2.45, 2.75) is 20.4 Å². The molecule has 0 saturated heterocycles. The first-order valence-corrected chi connectivity index (χ1v) is 8.39. The highest BCUT2D eigenvalue weighted by Crippen LogP contribution is 2.23. The van der Waals surface area contributed by atoms with E-state index in [1.54, 1.807) is 23.1 Å². The highest BCUT2D eigenvalue weighted by atomic mass is 16.5. The van der Waals surface area contributed by atoms with Gasteiger partial charge < -0.3 is 10.1 Å². The second-order valence-electron chi connectivity index (χ2n) is 5.76. The molecule has 134 valence electrons. The molecule has 0 saturated carbocycles. The summed E-state index contributed by atoms with van der Waals surface area (Å²) < 4.78 is 7.17. The predicted molar refractivity (Wildman–Crippen MR) is 101 cm³/mol. The lowest BCUT2D eigenvalue weighted by molar-refractivity contribution is 0.261. The molecule has 2 N–H and O–H groups in total. The summed E-state index contributed by atoms with van der Waals surface area (Å²) in [6.07, 6.45) is 1.59. The number of para-hydroxylation sites is 2. The zero-order valence-electron chi connectivity index (χ0n) is 14.8. The Bertz CT molecular complexity index is 891. The summed E-state index contributed by atoms with van der Waals surface area (Å²) >= 11 is 0. The van der Waals surface area contributed by atoms with Crippen LogP contribution in [0.4, 0.5) is 16.4 Å². The number of ether oxygens (including phenoxy) is 1. The predicted octanol–water partition coefficient (Wildman–Crippen LogP) is 3.68. The van der Waals surface area contributed by atoms with Crippen molar-refractivity contribution in [3.05, 3.63) is 66.0 Å². The van der Waals surface area contributed by atoms with Gasteiger partial charge in [0.15, 0.2) is 0 Å². The number of carbonyl (C=O) groups excluding carboxylic acids is 1. The van der Waals surface area contributed by atoms with Crippen molar-refractivity contribution in [2.75, 3.05) is 17.2 Å². The molecule has 0 unspecified atom stereocenters. The van der Waals surface area contributed by atoms with Crippen LogP contribution in [0.5, 0.6) is 5.75 Å². The van der Waals surface area contributed by atoms with Gasteiger partial charge in [-0.2, -0.15) is 0 Å². The van der Waals surface area contributed by atoms with Crippen molar-refractivity contribution in [1.29, 1.82) is 0 Å². The van der Waals surface area contributed by atoms with Crippen LogP contribution in [-0.4, -0.2) is 27.4 Å². The van der Waals surface area contributed by atoms with Crippen molar-refractivity contribution < 1.29 is 9.53 Å². The van der Waals surface area contributed by atoms with E-state index in [1.807, 2.05) is 44.2 Å². The van der Waals surface area contributed by atoms with E-state index >= 15 is 0 Å². The van der Waals surface area contributed by atoms with Gasteiger partial charge >= 0.3 is 6.03 Å². The molecule has 0 radical (unpaired) electrons. The smallest absolute Gasteiger partial charge is 0.326 e. The molecule has 0 atom stereocenters. The molecule has 1 aromatic heterocycles. The summed E-state index contributed by atoms with van der Waals surface area (Å²) in [5.74, 6) is 0.854. The largest absolute Gasteiger partial charge is 0.492 e. The minimum atomic E-state index is -0.426. The van der Waals surface area contributed by atoms with Crippen LogP contribution in [-0.2, 0) is 6.54 Å².